The molecule has 0 unspecified atom stereocenters. The van der Waals surface area contributed by atoms with Crippen molar-refractivity contribution in [3.8, 4) is 11.4 Å². The molecule has 6 nitrogen and oxygen atoms in total. The molecule has 1 aliphatic rings. The van der Waals surface area contributed by atoms with Crippen molar-refractivity contribution in [3.63, 3.8) is 0 Å². The van der Waals surface area contributed by atoms with Gasteiger partial charge in [0.25, 0.3) is 0 Å². The zero-order chi connectivity index (χ0) is 19.2. The molecule has 1 aliphatic carbocycles. The van der Waals surface area contributed by atoms with E-state index in [2.05, 4.69) is 15.3 Å². The number of aromatic nitrogens is 3. The third kappa shape index (κ3) is 3.29. The molecule has 0 aliphatic heterocycles. The van der Waals surface area contributed by atoms with Crippen LogP contribution in [0.1, 0.15) is 31.4 Å². The lowest BCUT2D eigenvalue weighted by molar-refractivity contribution is 0.594. The number of halogens is 1. The molecule has 2 heterocycles. The number of rotatable bonds is 4. The highest BCUT2D eigenvalue weighted by Gasteiger charge is 2.23. The van der Waals surface area contributed by atoms with Gasteiger partial charge in [-0.15, -0.1) is 0 Å². The first-order valence-corrected chi connectivity index (χ1v) is 10.8. The van der Waals surface area contributed by atoms with Crippen LogP contribution in [0.25, 0.3) is 22.4 Å². The van der Waals surface area contributed by atoms with Gasteiger partial charge in [0.2, 0.25) is 10.0 Å². The van der Waals surface area contributed by atoms with E-state index in [1.807, 2.05) is 0 Å². The molecule has 1 saturated carbocycles. The Morgan fingerprint density at radius 3 is 2.56 bits per heavy atom. The minimum absolute atomic E-state index is 0.170. The van der Waals surface area contributed by atoms with E-state index in [1.165, 1.54) is 10.0 Å². The summed E-state index contributed by atoms with van der Waals surface area (Å²) < 4.78 is 40.1. The van der Waals surface area contributed by atoms with Crippen LogP contribution in [0.4, 0.5) is 10.2 Å². The van der Waals surface area contributed by atoms with E-state index in [9.17, 15) is 12.8 Å². The van der Waals surface area contributed by atoms with Gasteiger partial charge in [0, 0.05) is 11.7 Å². The van der Waals surface area contributed by atoms with Crippen molar-refractivity contribution < 1.29 is 12.8 Å². The number of aryl methyl sites for hydroxylation is 1. The van der Waals surface area contributed by atoms with Gasteiger partial charge in [-0.2, -0.15) is 0 Å². The van der Waals surface area contributed by atoms with Crippen LogP contribution < -0.4 is 5.32 Å². The highest BCUT2D eigenvalue weighted by atomic mass is 32.2. The van der Waals surface area contributed by atoms with E-state index in [4.69, 9.17) is 0 Å². The smallest absolute Gasteiger partial charge is 0.237 e. The van der Waals surface area contributed by atoms with Crippen molar-refractivity contribution in [2.75, 3.05) is 11.6 Å². The van der Waals surface area contributed by atoms with Gasteiger partial charge in [0.1, 0.15) is 11.6 Å². The van der Waals surface area contributed by atoms with Gasteiger partial charge in [0.15, 0.2) is 11.5 Å². The Hall–Kier alpha value is -2.48. The van der Waals surface area contributed by atoms with Crippen molar-refractivity contribution in [1.82, 2.24) is 13.9 Å². The number of nitrogens with one attached hydrogen (secondary N) is 1. The second kappa shape index (κ2) is 6.60. The van der Waals surface area contributed by atoms with Crippen LogP contribution in [0.15, 0.2) is 30.3 Å². The van der Waals surface area contributed by atoms with Gasteiger partial charge < -0.3 is 5.32 Å². The maximum absolute atomic E-state index is 14.3. The summed E-state index contributed by atoms with van der Waals surface area (Å²) in [6, 6.07) is 8.27. The molecule has 142 valence electrons. The molecule has 1 aromatic carbocycles. The fourth-order valence-electron chi connectivity index (χ4n) is 3.74. The summed E-state index contributed by atoms with van der Waals surface area (Å²) in [7, 11) is -3.56. The molecule has 3 aromatic rings. The van der Waals surface area contributed by atoms with Gasteiger partial charge >= 0.3 is 0 Å². The standard InChI is InChI=1S/C19H21FN4O2S/c1-12-11-15-18(21-13-7-3-4-8-13)22-17(14-9-5-6-10-16(14)20)23-19(15)24(12)27(2,25)26/h5-6,9-11,13H,3-4,7-8H2,1-2H3,(H,21,22,23). The number of nitrogens with zero attached hydrogens (tertiary/aromatic N) is 3. The van der Waals surface area contributed by atoms with Crippen LogP contribution in [0.2, 0.25) is 0 Å². The van der Waals surface area contributed by atoms with E-state index in [-0.39, 0.29) is 23.1 Å². The summed E-state index contributed by atoms with van der Waals surface area (Å²) in [6.07, 6.45) is 5.50. The molecule has 1 N–H and O–H groups in total. The second-order valence-corrected chi connectivity index (χ2v) is 8.88. The lowest BCUT2D eigenvalue weighted by Gasteiger charge is -2.15. The zero-order valence-corrected chi connectivity index (χ0v) is 16.1. The first-order valence-electron chi connectivity index (χ1n) is 8.96. The Labute approximate surface area is 157 Å². The molecule has 8 heteroatoms. The molecule has 0 amide bonds. The average molecular weight is 388 g/mol. The van der Waals surface area contributed by atoms with E-state index < -0.39 is 15.8 Å². The third-order valence-corrected chi connectivity index (χ3v) is 6.06. The molecule has 0 saturated heterocycles. The summed E-state index contributed by atoms with van der Waals surface area (Å²) in [5.74, 6) is 0.276. The summed E-state index contributed by atoms with van der Waals surface area (Å²) in [4.78, 5) is 8.98. The van der Waals surface area contributed by atoms with Crippen molar-refractivity contribution >= 4 is 26.9 Å². The lowest BCUT2D eigenvalue weighted by Crippen LogP contribution is -2.17. The Morgan fingerprint density at radius 1 is 1.19 bits per heavy atom. The van der Waals surface area contributed by atoms with Crippen LogP contribution in [0, 0.1) is 12.7 Å². The molecule has 0 spiro atoms. The molecule has 0 atom stereocenters. The quantitative estimate of drug-likeness (QED) is 0.737. The molecular formula is C19H21FN4O2S. The molecule has 0 bridgehead atoms. The summed E-state index contributed by atoms with van der Waals surface area (Å²) in [5.41, 5.74) is 1.05. The van der Waals surface area contributed by atoms with Gasteiger partial charge in [-0.1, -0.05) is 25.0 Å². The number of fused-ring (bicyclic) bond motifs is 1. The summed E-state index contributed by atoms with van der Waals surface area (Å²) >= 11 is 0. The minimum Gasteiger partial charge on any atom is -0.367 e. The molecular weight excluding hydrogens is 367 g/mol. The van der Waals surface area contributed by atoms with Gasteiger partial charge in [-0.05, 0) is 38.0 Å². The largest absolute Gasteiger partial charge is 0.367 e. The minimum atomic E-state index is -3.56. The lowest BCUT2D eigenvalue weighted by atomic mass is 10.2. The molecule has 27 heavy (non-hydrogen) atoms. The Morgan fingerprint density at radius 2 is 1.89 bits per heavy atom. The zero-order valence-electron chi connectivity index (χ0n) is 15.2. The van der Waals surface area contributed by atoms with Crippen LogP contribution >= 0.6 is 0 Å². The Kier molecular flexibility index (Phi) is 4.38. The van der Waals surface area contributed by atoms with Gasteiger partial charge in [-0.25, -0.2) is 26.7 Å². The molecule has 1 fully saturated rings. The molecule has 2 aromatic heterocycles. The van der Waals surface area contributed by atoms with Crippen LogP contribution in [-0.4, -0.2) is 34.7 Å². The fraction of sp³-hybridized carbons (Fsp3) is 0.368. The predicted molar refractivity (Wildman–Crippen MR) is 104 cm³/mol. The van der Waals surface area contributed by atoms with E-state index in [1.54, 1.807) is 31.2 Å². The normalized spacial score (nSPS) is 15.5. The first-order chi connectivity index (χ1) is 12.8. The summed E-state index contributed by atoms with van der Waals surface area (Å²) in [5, 5.41) is 4.05. The van der Waals surface area contributed by atoms with Crippen LogP contribution in [-0.2, 0) is 10.0 Å². The van der Waals surface area contributed by atoms with Gasteiger partial charge in [-0.3, -0.25) is 0 Å². The second-order valence-electron chi connectivity index (χ2n) is 7.05. The SMILES string of the molecule is Cc1cc2c(NC3CCCC3)nc(-c3ccccc3F)nc2n1S(C)(=O)=O. The van der Waals surface area contributed by atoms with E-state index in [0.717, 1.165) is 31.9 Å². The molecule has 0 radical (unpaired) electrons. The highest BCUT2D eigenvalue weighted by molar-refractivity contribution is 7.89. The van der Waals surface area contributed by atoms with Crippen molar-refractivity contribution in [1.29, 1.82) is 0 Å². The maximum Gasteiger partial charge on any atom is 0.237 e. The number of hydrogen-bond acceptors (Lipinski definition) is 5. The van der Waals surface area contributed by atoms with Crippen molar-refractivity contribution in [3.05, 3.63) is 41.8 Å². The number of anilines is 1. The molecule has 4 rings (SSSR count). The highest BCUT2D eigenvalue weighted by Crippen LogP contribution is 2.31. The predicted octanol–water partition coefficient (Wildman–Crippen LogP) is 3.71. The fourth-order valence-corrected chi connectivity index (χ4v) is 4.76. The third-order valence-electron chi connectivity index (χ3n) is 4.93. The average Bonchev–Trinajstić information content (AvgIpc) is 3.21. The van der Waals surface area contributed by atoms with Crippen molar-refractivity contribution in [2.24, 2.45) is 0 Å². The maximum atomic E-state index is 14.3. The van der Waals surface area contributed by atoms with Crippen molar-refractivity contribution in [2.45, 2.75) is 38.6 Å². The van der Waals surface area contributed by atoms with Gasteiger partial charge in [0.05, 0.1) is 17.2 Å². The number of hydrogen-bond donors (Lipinski definition) is 1. The van der Waals surface area contributed by atoms with Crippen LogP contribution in [0.3, 0.4) is 0 Å². The van der Waals surface area contributed by atoms with Crippen LogP contribution in [0.5, 0.6) is 0 Å². The summed E-state index contributed by atoms with van der Waals surface area (Å²) in [6.45, 7) is 1.71. The Bertz CT molecular complexity index is 1120. The van der Waals surface area contributed by atoms with E-state index in [0.29, 0.717) is 16.9 Å². The van der Waals surface area contributed by atoms with E-state index >= 15 is 0 Å². The Balaban J connectivity index is 1.98. The topological polar surface area (TPSA) is 76.9 Å². The first kappa shape index (κ1) is 17.9. The number of benzene rings is 1. The monoisotopic (exact) mass is 388 g/mol.